The largest absolute Gasteiger partial charge is 0.358 e. The Morgan fingerprint density at radius 3 is 2.58 bits per heavy atom. The van der Waals surface area contributed by atoms with Gasteiger partial charge in [-0.15, -0.1) is 11.8 Å². The van der Waals surface area contributed by atoms with E-state index in [0.29, 0.717) is 6.54 Å². The SMILES string of the molecule is CSc1ccc(CNC(=S)NC(=O)c2cccc([N+](=O)[O-])c2)cc1. The molecular weight excluding hydrogens is 346 g/mol. The van der Waals surface area contributed by atoms with E-state index >= 15 is 0 Å². The van der Waals surface area contributed by atoms with Gasteiger partial charge in [-0.05, 0) is 42.2 Å². The number of non-ortho nitro benzene ring substituents is 1. The van der Waals surface area contributed by atoms with Gasteiger partial charge >= 0.3 is 0 Å². The van der Waals surface area contributed by atoms with E-state index in [2.05, 4.69) is 10.6 Å². The number of benzene rings is 2. The molecule has 0 radical (unpaired) electrons. The molecule has 0 saturated carbocycles. The molecular formula is C16H15N3O3S2. The van der Waals surface area contributed by atoms with Crippen molar-refractivity contribution in [3.8, 4) is 0 Å². The van der Waals surface area contributed by atoms with Crippen molar-refractivity contribution in [3.05, 3.63) is 69.8 Å². The molecule has 0 heterocycles. The third kappa shape index (κ3) is 5.04. The van der Waals surface area contributed by atoms with Gasteiger partial charge in [0.25, 0.3) is 11.6 Å². The maximum atomic E-state index is 12.1. The third-order valence-electron chi connectivity index (χ3n) is 3.16. The van der Waals surface area contributed by atoms with Crippen LogP contribution in [0, 0.1) is 10.1 Å². The number of carbonyl (C=O) groups is 1. The molecule has 0 aliphatic rings. The molecule has 0 saturated heterocycles. The quantitative estimate of drug-likeness (QED) is 0.368. The van der Waals surface area contributed by atoms with Gasteiger partial charge in [-0.3, -0.25) is 20.2 Å². The molecule has 0 bridgehead atoms. The Labute approximate surface area is 148 Å². The lowest BCUT2D eigenvalue weighted by Gasteiger charge is -2.10. The molecule has 24 heavy (non-hydrogen) atoms. The second-order valence-electron chi connectivity index (χ2n) is 4.79. The standard InChI is InChI=1S/C16H15N3O3S2/c1-24-14-7-5-11(6-8-14)10-17-16(23)18-15(20)12-3-2-4-13(9-12)19(21)22/h2-9H,10H2,1H3,(H2,17,18,20,23). The van der Waals surface area contributed by atoms with Crippen molar-refractivity contribution in [2.45, 2.75) is 11.4 Å². The van der Waals surface area contributed by atoms with Crippen molar-refractivity contribution in [3.63, 3.8) is 0 Å². The van der Waals surface area contributed by atoms with Crippen molar-refractivity contribution in [1.82, 2.24) is 10.6 Å². The second kappa shape index (κ2) is 8.42. The Kier molecular flexibility index (Phi) is 6.28. The van der Waals surface area contributed by atoms with E-state index in [9.17, 15) is 14.9 Å². The zero-order valence-electron chi connectivity index (χ0n) is 12.8. The summed E-state index contributed by atoms with van der Waals surface area (Å²) < 4.78 is 0. The van der Waals surface area contributed by atoms with Gasteiger partial charge < -0.3 is 5.32 Å². The van der Waals surface area contributed by atoms with Crippen molar-refractivity contribution in [2.75, 3.05) is 6.26 Å². The predicted molar refractivity (Wildman–Crippen MR) is 98.2 cm³/mol. The first-order valence-corrected chi connectivity index (χ1v) is 8.59. The summed E-state index contributed by atoms with van der Waals surface area (Å²) in [4.78, 5) is 23.4. The molecule has 2 aromatic carbocycles. The van der Waals surface area contributed by atoms with Crippen LogP contribution in [0.3, 0.4) is 0 Å². The molecule has 0 unspecified atom stereocenters. The van der Waals surface area contributed by atoms with Gasteiger partial charge in [-0.1, -0.05) is 18.2 Å². The van der Waals surface area contributed by atoms with E-state index in [1.54, 1.807) is 11.8 Å². The number of amides is 1. The van der Waals surface area contributed by atoms with Crippen LogP contribution in [0.15, 0.2) is 53.4 Å². The van der Waals surface area contributed by atoms with Crippen LogP contribution in [0.2, 0.25) is 0 Å². The van der Waals surface area contributed by atoms with E-state index in [0.717, 1.165) is 5.56 Å². The van der Waals surface area contributed by atoms with Gasteiger partial charge in [0.1, 0.15) is 0 Å². The van der Waals surface area contributed by atoms with E-state index in [1.165, 1.54) is 29.2 Å². The fourth-order valence-electron chi connectivity index (χ4n) is 1.91. The average molecular weight is 361 g/mol. The van der Waals surface area contributed by atoms with Crippen molar-refractivity contribution < 1.29 is 9.72 Å². The number of nitro groups is 1. The molecule has 8 heteroatoms. The molecule has 2 rings (SSSR count). The van der Waals surface area contributed by atoms with Crippen LogP contribution < -0.4 is 10.6 Å². The zero-order valence-corrected chi connectivity index (χ0v) is 14.4. The molecule has 0 aromatic heterocycles. The highest BCUT2D eigenvalue weighted by Gasteiger charge is 2.12. The first-order valence-electron chi connectivity index (χ1n) is 6.96. The van der Waals surface area contributed by atoms with Gasteiger partial charge in [-0.2, -0.15) is 0 Å². The Balaban J connectivity index is 1.90. The number of thioether (sulfide) groups is 1. The summed E-state index contributed by atoms with van der Waals surface area (Å²) >= 11 is 6.74. The number of carbonyl (C=O) groups excluding carboxylic acids is 1. The summed E-state index contributed by atoms with van der Waals surface area (Å²) in [5, 5.41) is 16.3. The van der Waals surface area contributed by atoms with Crippen molar-refractivity contribution >= 4 is 40.7 Å². The molecule has 0 spiro atoms. The lowest BCUT2D eigenvalue weighted by atomic mass is 10.2. The van der Waals surface area contributed by atoms with Crippen LogP contribution in [-0.2, 0) is 6.54 Å². The summed E-state index contributed by atoms with van der Waals surface area (Å²) in [6, 6.07) is 13.4. The number of nitro benzene ring substituents is 1. The minimum atomic E-state index is -0.550. The Morgan fingerprint density at radius 2 is 1.96 bits per heavy atom. The van der Waals surface area contributed by atoms with Gasteiger partial charge in [0.2, 0.25) is 0 Å². The normalized spacial score (nSPS) is 10.0. The Morgan fingerprint density at radius 1 is 1.25 bits per heavy atom. The highest BCUT2D eigenvalue weighted by Crippen LogP contribution is 2.15. The second-order valence-corrected chi connectivity index (χ2v) is 6.08. The minimum absolute atomic E-state index is 0.143. The van der Waals surface area contributed by atoms with Gasteiger partial charge in [0, 0.05) is 29.1 Å². The van der Waals surface area contributed by atoms with Crippen LogP contribution in [0.1, 0.15) is 15.9 Å². The molecule has 0 atom stereocenters. The molecule has 6 nitrogen and oxygen atoms in total. The van der Waals surface area contributed by atoms with Crippen LogP contribution >= 0.6 is 24.0 Å². The van der Waals surface area contributed by atoms with Crippen LogP contribution in [0.4, 0.5) is 5.69 Å². The molecule has 1 amide bonds. The summed E-state index contributed by atoms with van der Waals surface area (Å²) in [6.07, 6.45) is 2.01. The fraction of sp³-hybridized carbons (Fsp3) is 0.125. The number of hydrogen-bond acceptors (Lipinski definition) is 5. The molecule has 0 aliphatic carbocycles. The van der Waals surface area contributed by atoms with E-state index in [1.807, 2.05) is 30.5 Å². The summed E-state index contributed by atoms with van der Waals surface area (Å²) in [5.41, 5.74) is 1.06. The smallest absolute Gasteiger partial charge is 0.270 e. The Hall–Kier alpha value is -2.45. The lowest BCUT2D eigenvalue weighted by Crippen LogP contribution is -2.38. The number of nitrogens with one attached hydrogen (secondary N) is 2. The van der Waals surface area contributed by atoms with Gasteiger partial charge in [0.05, 0.1) is 4.92 Å². The average Bonchev–Trinajstić information content (AvgIpc) is 2.60. The van der Waals surface area contributed by atoms with Crippen LogP contribution in [-0.4, -0.2) is 22.2 Å². The topological polar surface area (TPSA) is 84.3 Å². The predicted octanol–water partition coefficient (Wildman–Crippen LogP) is 3.12. The van der Waals surface area contributed by atoms with Crippen molar-refractivity contribution in [2.24, 2.45) is 0 Å². The highest BCUT2D eigenvalue weighted by atomic mass is 32.2. The lowest BCUT2D eigenvalue weighted by molar-refractivity contribution is -0.384. The number of rotatable bonds is 5. The molecule has 124 valence electrons. The fourth-order valence-corrected chi connectivity index (χ4v) is 2.48. The molecule has 0 aliphatic heterocycles. The molecule has 0 fully saturated rings. The van der Waals surface area contributed by atoms with Crippen LogP contribution in [0.5, 0.6) is 0 Å². The highest BCUT2D eigenvalue weighted by molar-refractivity contribution is 7.98. The first-order chi connectivity index (χ1) is 11.5. The van der Waals surface area contributed by atoms with Gasteiger partial charge in [0.15, 0.2) is 5.11 Å². The monoisotopic (exact) mass is 361 g/mol. The summed E-state index contributed by atoms with van der Waals surface area (Å²) in [7, 11) is 0. The number of thiocarbonyl (C=S) groups is 1. The van der Waals surface area contributed by atoms with Gasteiger partial charge in [-0.25, -0.2) is 0 Å². The summed E-state index contributed by atoms with van der Waals surface area (Å²) in [6.45, 7) is 0.475. The van der Waals surface area contributed by atoms with E-state index < -0.39 is 10.8 Å². The summed E-state index contributed by atoms with van der Waals surface area (Å²) in [5.74, 6) is -0.492. The van der Waals surface area contributed by atoms with Crippen LogP contribution in [0.25, 0.3) is 0 Å². The zero-order chi connectivity index (χ0) is 17.5. The molecule has 2 aromatic rings. The van der Waals surface area contributed by atoms with Crippen molar-refractivity contribution in [1.29, 1.82) is 0 Å². The molecule has 2 N–H and O–H groups in total. The maximum absolute atomic E-state index is 12.1. The first kappa shape index (κ1) is 17.9. The third-order valence-corrected chi connectivity index (χ3v) is 4.15. The number of hydrogen-bond donors (Lipinski definition) is 2. The Bertz CT molecular complexity index is 763. The van der Waals surface area contributed by atoms with E-state index in [-0.39, 0.29) is 16.4 Å². The maximum Gasteiger partial charge on any atom is 0.270 e. The minimum Gasteiger partial charge on any atom is -0.358 e. The number of nitrogens with zero attached hydrogens (tertiary/aromatic N) is 1. The van der Waals surface area contributed by atoms with E-state index in [4.69, 9.17) is 12.2 Å².